The van der Waals surface area contributed by atoms with Crippen molar-refractivity contribution in [1.82, 2.24) is 19.9 Å². The number of aromatic nitrogens is 4. The molecule has 3 aromatic rings. The van der Waals surface area contributed by atoms with E-state index < -0.39 is 0 Å². The standard InChI is InChI=1S/C17H19N5O/c18-17(9-4-10-17)16-20-15(23-21-16)8-7-13-11-19-22(12-13)14-5-2-1-3-6-14/h1-3,5-6,11-12H,4,7-10,18H2. The SMILES string of the molecule is NC1(c2noc(CCc3cnn(-c4ccccc4)c3)n2)CCC1. The zero-order valence-corrected chi connectivity index (χ0v) is 12.9. The fourth-order valence-corrected chi connectivity index (χ4v) is 2.80. The topological polar surface area (TPSA) is 82.8 Å². The summed E-state index contributed by atoms with van der Waals surface area (Å²) < 4.78 is 7.20. The van der Waals surface area contributed by atoms with E-state index in [1.165, 1.54) is 0 Å². The smallest absolute Gasteiger partial charge is 0.227 e. The average Bonchev–Trinajstić information content (AvgIpc) is 3.21. The van der Waals surface area contributed by atoms with Crippen LogP contribution in [0.4, 0.5) is 0 Å². The number of nitrogens with two attached hydrogens (primary N) is 1. The normalized spacial score (nSPS) is 16.2. The van der Waals surface area contributed by atoms with Gasteiger partial charge in [-0.15, -0.1) is 0 Å². The van der Waals surface area contributed by atoms with Crippen LogP contribution in [0.2, 0.25) is 0 Å². The number of hydrogen-bond donors (Lipinski definition) is 1. The van der Waals surface area contributed by atoms with Gasteiger partial charge in [0.05, 0.1) is 17.4 Å². The van der Waals surface area contributed by atoms with Gasteiger partial charge in [-0.2, -0.15) is 10.1 Å². The van der Waals surface area contributed by atoms with Crippen molar-refractivity contribution in [3.8, 4) is 5.69 Å². The van der Waals surface area contributed by atoms with E-state index in [4.69, 9.17) is 10.3 Å². The van der Waals surface area contributed by atoms with E-state index in [-0.39, 0.29) is 5.54 Å². The third-order valence-corrected chi connectivity index (χ3v) is 4.44. The summed E-state index contributed by atoms with van der Waals surface area (Å²) in [6.07, 6.45) is 8.43. The van der Waals surface area contributed by atoms with Crippen molar-refractivity contribution >= 4 is 0 Å². The molecule has 0 bridgehead atoms. The molecule has 1 aromatic carbocycles. The third-order valence-electron chi connectivity index (χ3n) is 4.44. The van der Waals surface area contributed by atoms with Gasteiger partial charge in [-0.05, 0) is 43.4 Å². The molecule has 6 heteroatoms. The van der Waals surface area contributed by atoms with E-state index in [2.05, 4.69) is 15.2 Å². The Balaban J connectivity index is 1.41. The number of hydrogen-bond acceptors (Lipinski definition) is 5. The van der Waals surface area contributed by atoms with Gasteiger partial charge in [0.25, 0.3) is 0 Å². The average molecular weight is 309 g/mol. The summed E-state index contributed by atoms with van der Waals surface area (Å²) in [6.45, 7) is 0. The lowest BCUT2D eigenvalue weighted by molar-refractivity contribution is 0.229. The van der Waals surface area contributed by atoms with Crippen molar-refractivity contribution in [2.75, 3.05) is 0 Å². The van der Waals surface area contributed by atoms with Gasteiger partial charge >= 0.3 is 0 Å². The molecule has 6 nitrogen and oxygen atoms in total. The second-order valence-electron chi connectivity index (χ2n) is 6.15. The maximum Gasteiger partial charge on any atom is 0.227 e. The Bertz CT molecular complexity index is 788. The molecule has 0 amide bonds. The molecule has 1 aliphatic carbocycles. The Morgan fingerprint density at radius 3 is 2.74 bits per heavy atom. The molecule has 1 saturated carbocycles. The van der Waals surface area contributed by atoms with Gasteiger partial charge in [0, 0.05) is 12.6 Å². The van der Waals surface area contributed by atoms with Gasteiger partial charge in [-0.3, -0.25) is 0 Å². The van der Waals surface area contributed by atoms with Crippen molar-refractivity contribution in [3.63, 3.8) is 0 Å². The van der Waals surface area contributed by atoms with E-state index in [0.717, 1.165) is 36.9 Å². The molecule has 0 saturated heterocycles. The molecule has 23 heavy (non-hydrogen) atoms. The Kier molecular flexibility index (Phi) is 3.46. The number of rotatable bonds is 5. The molecule has 0 spiro atoms. The van der Waals surface area contributed by atoms with Crippen LogP contribution >= 0.6 is 0 Å². The molecular formula is C17H19N5O. The zero-order valence-electron chi connectivity index (χ0n) is 12.9. The maximum atomic E-state index is 6.21. The quantitative estimate of drug-likeness (QED) is 0.782. The predicted octanol–water partition coefficient (Wildman–Crippen LogP) is 2.38. The van der Waals surface area contributed by atoms with E-state index in [0.29, 0.717) is 18.1 Å². The summed E-state index contributed by atoms with van der Waals surface area (Å²) >= 11 is 0. The first kappa shape index (κ1) is 14.1. The van der Waals surface area contributed by atoms with Gasteiger partial charge in [-0.1, -0.05) is 23.4 Å². The predicted molar refractivity (Wildman–Crippen MR) is 85.0 cm³/mol. The molecule has 0 aliphatic heterocycles. The summed E-state index contributed by atoms with van der Waals surface area (Å²) in [7, 11) is 0. The minimum absolute atomic E-state index is 0.361. The fraction of sp³-hybridized carbons (Fsp3) is 0.353. The van der Waals surface area contributed by atoms with Crippen molar-refractivity contribution in [3.05, 3.63) is 60.0 Å². The second-order valence-corrected chi connectivity index (χ2v) is 6.15. The summed E-state index contributed by atoms with van der Waals surface area (Å²) in [6, 6.07) is 10.0. The van der Waals surface area contributed by atoms with Crippen LogP contribution in [-0.2, 0) is 18.4 Å². The number of para-hydroxylation sites is 1. The molecule has 1 fully saturated rings. The zero-order chi connectivity index (χ0) is 15.7. The first-order chi connectivity index (χ1) is 11.2. The van der Waals surface area contributed by atoms with Gasteiger partial charge < -0.3 is 10.3 Å². The number of benzene rings is 1. The highest BCUT2D eigenvalue weighted by Crippen LogP contribution is 2.36. The molecule has 0 unspecified atom stereocenters. The molecule has 2 N–H and O–H groups in total. The van der Waals surface area contributed by atoms with Crippen LogP contribution in [0.5, 0.6) is 0 Å². The monoisotopic (exact) mass is 309 g/mol. The summed E-state index contributed by atoms with van der Waals surface area (Å²) in [5, 5.41) is 8.44. The van der Waals surface area contributed by atoms with Crippen LogP contribution in [0.15, 0.2) is 47.2 Å². The molecule has 0 atom stereocenters. The number of aryl methyl sites for hydroxylation is 2. The molecule has 0 radical (unpaired) electrons. The molecule has 4 rings (SSSR count). The van der Waals surface area contributed by atoms with Gasteiger partial charge in [0.1, 0.15) is 0 Å². The summed E-state index contributed by atoms with van der Waals surface area (Å²) in [5.74, 6) is 1.29. The highest BCUT2D eigenvalue weighted by molar-refractivity contribution is 5.30. The maximum absolute atomic E-state index is 6.21. The minimum atomic E-state index is -0.361. The van der Waals surface area contributed by atoms with Crippen molar-refractivity contribution in [2.24, 2.45) is 5.73 Å². The lowest BCUT2D eigenvalue weighted by Crippen LogP contribution is -2.44. The Morgan fingerprint density at radius 1 is 1.17 bits per heavy atom. The summed E-state index contributed by atoms with van der Waals surface area (Å²) in [4.78, 5) is 4.45. The van der Waals surface area contributed by atoms with Crippen molar-refractivity contribution in [1.29, 1.82) is 0 Å². The Hall–Kier alpha value is -2.47. The van der Waals surface area contributed by atoms with E-state index in [1.54, 1.807) is 0 Å². The largest absolute Gasteiger partial charge is 0.339 e. The molecule has 2 heterocycles. The lowest BCUT2D eigenvalue weighted by Gasteiger charge is -2.34. The molecule has 118 valence electrons. The van der Waals surface area contributed by atoms with Crippen LogP contribution in [0.25, 0.3) is 5.69 Å². The minimum Gasteiger partial charge on any atom is -0.339 e. The Labute approximate surface area is 134 Å². The fourth-order valence-electron chi connectivity index (χ4n) is 2.80. The molecular weight excluding hydrogens is 290 g/mol. The highest BCUT2D eigenvalue weighted by Gasteiger charge is 2.38. The van der Waals surface area contributed by atoms with Crippen LogP contribution in [0.3, 0.4) is 0 Å². The number of nitrogens with zero attached hydrogens (tertiary/aromatic N) is 4. The van der Waals surface area contributed by atoms with E-state index in [1.807, 2.05) is 47.4 Å². The van der Waals surface area contributed by atoms with Gasteiger partial charge in [0.15, 0.2) is 5.82 Å². The van der Waals surface area contributed by atoms with Crippen LogP contribution in [0.1, 0.15) is 36.5 Å². The first-order valence-corrected chi connectivity index (χ1v) is 7.94. The van der Waals surface area contributed by atoms with E-state index in [9.17, 15) is 0 Å². The summed E-state index contributed by atoms with van der Waals surface area (Å²) in [5.41, 5.74) is 8.04. The highest BCUT2D eigenvalue weighted by atomic mass is 16.5. The van der Waals surface area contributed by atoms with Crippen molar-refractivity contribution < 1.29 is 4.52 Å². The van der Waals surface area contributed by atoms with Gasteiger partial charge in [-0.25, -0.2) is 4.68 Å². The van der Waals surface area contributed by atoms with E-state index >= 15 is 0 Å². The van der Waals surface area contributed by atoms with Crippen LogP contribution in [-0.4, -0.2) is 19.9 Å². The lowest BCUT2D eigenvalue weighted by atomic mass is 9.77. The Morgan fingerprint density at radius 2 is 2.00 bits per heavy atom. The third kappa shape index (κ3) is 2.77. The van der Waals surface area contributed by atoms with Crippen molar-refractivity contribution in [2.45, 2.75) is 37.6 Å². The van der Waals surface area contributed by atoms with Crippen LogP contribution in [0, 0.1) is 0 Å². The molecule has 1 aliphatic rings. The first-order valence-electron chi connectivity index (χ1n) is 7.94. The van der Waals surface area contributed by atoms with Gasteiger partial charge in [0.2, 0.25) is 5.89 Å². The second kappa shape index (κ2) is 5.62. The van der Waals surface area contributed by atoms with Crippen LogP contribution < -0.4 is 5.73 Å². The molecule has 2 aromatic heterocycles.